The number of piperazine rings is 1. The number of nitrogens with zero attached hydrogens (tertiary/aromatic N) is 4. The summed E-state index contributed by atoms with van der Waals surface area (Å²) in [6.07, 6.45) is 2.79. The number of hydrogen-bond acceptors (Lipinski definition) is 7. The quantitative estimate of drug-likeness (QED) is 0.764. The third kappa shape index (κ3) is 4.88. The number of carbonyl (C=O) groups is 2. The van der Waals surface area contributed by atoms with E-state index >= 15 is 0 Å². The largest absolute Gasteiger partial charge is 0.376 e. The summed E-state index contributed by atoms with van der Waals surface area (Å²) in [5, 5.41) is 10.3. The van der Waals surface area contributed by atoms with Crippen LogP contribution in [0.5, 0.6) is 0 Å². The first-order chi connectivity index (χ1) is 13.5. The van der Waals surface area contributed by atoms with E-state index in [4.69, 9.17) is 4.74 Å². The van der Waals surface area contributed by atoms with Gasteiger partial charge in [0.25, 0.3) is 5.91 Å². The monoisotopic (exact) mass is 393 g/mol. The van der Waals surface area contributed by atoms with Gasteiger partial charge < -0.3 is 19.9 Å². The molecule has 9 nitrogen and oxygen atoms in total. The van der Waals surface area contributed by atoms with Gasteiger partial charge in [0.2, 0.25) is 5.91 Å². The Hall–Kier alpha value is -2.00. The summed E-state index contributed by atoms with van der Waals surface area (Å²) < 4.78 is 10.6. The molecule has 1 aliphatic heterocycles. The third-order valence-corrected chi connectivity index (χ3v) is 5.68. The normalized spacial score (nSPS) is 26.2. The zero-order valence-corrected chi connectivity index (χ0v) is 17.0. The standard InChI is InChI=1S/C19H31N5O4/c1-4-11-27-16-12-14(19(26)24-9-7-23(3)8-10-24)5-6-15(16)20-18(25)17-13(2)21-28-22-17/h14-16H,4-12H2,1-3H3,(H,20,25)/t14-,15-,16-/m0/s1. The molecular formula is C19H31N5O4. The van der Waals surface area contributed by atoms with Crippen molar-refractivity contribution in [2.75, 3.05) is 39.8 Å². The average molecular weight is 393 g/mol. The maximum Gasteiger partial charge on any atom is 0.275 e. The number of aryl methyl sites for hydroxylation is 1. The first-order valence-electron chi connectivity index (χ1n) is 10.2. The molecule has 2 aliphatic rings. The highest BCUT2D eigenvalue weighted by molar-refractivity contribution is 5.93. The van der Waals surface area contributed by atoms with E-state index < -0.39 is 0 Å². The van der Waals surface area contributed by atoms with Gasteiger partial charge in [-0.25, -0.2) is 4.63 Å². The summed E-state index contributed by atoms with van der Waals surface area (Å²) in [7, 11) is 2.08. The second-order valence-corrected chi connectivity index (χ2v) is 7.83. The molecule has 1 N–H and O–H groups in total. The van der Waals surface area contributed by atoms with Crippen molar-refractivity contribution in [2.45, 2.75) is 51.7 Å². The van der Waals surface area contributed by atoms with E-state index in [1.165, 1.54) is 0 Å². The highest BCUT2D eigenvalue weighted by Gasteiger charge is 2.38. The molecule has 0 aromatic carbocycles. The fourth-order valence-electron chi connectivity index (χ4n) is 3.93. The number of nitrogens with one attached hydrogen (secondary N) is 1. The first-order valence-corrected chi connectivity index (χ1v) is 10.2. The summed E-state index contributed by atoms with van der Waals surface area (Å²) in [4.78, 5) is 29.7. The number of hydrogen-bond donors (Lipinski definition) is 1. The molecule has 1 aromatic rings. The molecule has 0 unspecified atom stereocenters. The predicted molar refractivity (Wildman–Crippen MR) is 102 cm³/mol. The van der Waals surface area contributed by atoms with Crippen LogP contribution in [0.1, 0.15) is 48.8 Å². The van der Waals surface area contributed by atoms with Crippen LogP contribution in [-0.4, -0.2) is 83.9 Å². The van der Waals surface area contributed by atoms with Crippen LogP contribution in [0.3, 0.4) is 0 Å². The molecule has 156 valence electrons. The number of carbonyl (C=O) groups excluding carboxylic acids is 2. The number of aromatic nitrogens is 2. The van der Waals surface area contributed by atoms with E-state index in [1.54, 1.807) is 6.92 Å². The van der Waals surface area contributed by atoms with Gasteiger partial charge in [-0.2, -0.15) is 0 Å². The molecule has 0 spiro atoms. The molecule has 9 heteroatoms. The Morgan fingerprint density at radius 2 is 1.96 bits per heavy atom. The Kier molecular flexibility index (Phi) is 7.01. The van der Waals surface area contributed by atoms with Crippen molar-refractivity contribution in [3.8, 4) is 0 Å². The van der Waals surface area contributed by atoms with Crippen molar-refractivity contribution in [3.05, 3.63) is 11.4 Å². The lowest BCUT2D eigenvalue weighted by Crippen LogP contribution is -2.53. The van der Waals surface area contributed by atoms with Crippen molar-refractivity contribution < 1.29 is 19.0 Å². The Labute approximate surface area is 165 Å². The Morgan fingerprint density at radius 1 is 1.21 bits per heavy atom. The smallest absolute Gasteiger partial charge is 0.275 e. The number of rotatable bonds is 6. The molecule has 1 aromatic heterocycles. The molecule has 28 heavy (non-hydrogen) atoms. The lowest BCUT2D eigenvalue weighted by molar-refractivity contribution is -0.140. The van der Waals surface area contributed by atoms with Crippen LogP contribution in [0.2, 0.25) is 0 Å². The van der Waals surface area contributed by atoms with Crippen molar-refractivity contribution in [3.63, 3.8) is 0 Å². The van der Waals surface area contributed by atoms with Crippen LogP contribution in [0.15, 0.2) is 4.63 Å². The molecule has 2 fully saturated rings. The Balaban J connectivity index is 1.61. The molecule has 2 heterocycles. The van der Waals surface area contributed by atoms with Crippen molar-refractivity contribution in [1.82, 2.24) is 25.4 Å². The van der Waals surface area contributed by atoms with E-state index in [0.717, 1.165) is 39.0 Å². The second-order valence-electron chi connectivity index (χ2n) is 7.83. The topological polar surface area (TPSA) is 101 Å². The van der Waals surface area contributed by atoms with Gasteiger partial charge in [0.15, 0.2) is 5.69 Å². The van der Waals surface area contributed by atoms with E-state index in [-0.39, 0.29) is 35.6 Å². The SMILES string of the molecule is CCCO[C@H]1C[C@@H](C(=O)N2CCN(C)CC2)CC[C@@H]1NC(=O)c1nonc1C. The minimum Gasteiger partial charge on any atom is -0.376 e. The third-order valence-electron chi connectivity index (χ3n) is 5.68. The van der Waals surface area contributed by atoms with Gasteiger partial charge in [-0.15, -0.1) is 0 Å². The lowest BCUT2D eigenvalue weighted by Gasteiger charge is -2.39. The number of likely N-dealkylation sites (N-methyl/N-ethyl adjacent to an activating group) is 1. The molecule has 0 bridgehead atoms. The van der Waals surface area contributed by atoms with Crippen LogP contribution in [-0.2, 0) is 9.53 Å². The molecule has 1 aliphatic carbocycles. The molecule has 2 amide bonds. The summed E-state index contributed by atoms with van der Waals surface area (Å²) >= 11 is 0. The molecular weight excluding hydrogens is 362 g/mol. The zero-order chi connectivity index (χ0) is 20.1. The van der Waals surface area contributed by atoms with E-state index in [0.29, 0.717) is 25.1 Å². The maximum atomic E-state index is 13.0. The first kappa shape index (κ1) is 20.7. The van der Waals surface area contributed by atoms with Crippen LogP contribution in [0, 0.1) is 12.8 Å². The number of ether oxygens (including phenoxy) is 1. The lowest BCUT2D eigenvalue weighted by atomic mass is 9.82. The van der Waals surface area contributed by atoms with Crippen molar-refractivity contribution >= 4 is 11.8 Å². The van der Waals surface area contributed by atoms with Gasteiger partial charge in [0.1, 0.15) is 5.69 Å². The number of amides is 2. The van der Waals surface area contributed by atoms with E-state index in [2.05, 4.69) is 32.2 Å². The Bertz CT molecular complexity index is 671. The fourth-order valence-corrected chi connectivity index (χ4v) is 3.93. The summed E-state index contributed by atoms with van der Waals surface area (Å²) in [6.45, 7) is 7.73. The zero-order valence-electron chi connectivity index (χ0n) is 17.0. The highest BCUT2D eigenvalue weighted by Crippen LogP contribution is 2.29. The average Bonchev–Trinajstić information content (AvgIpc) is 3.13. The van der Waals surface area contributed by atoms with Gasteiger partial charge in [-0.3, -0.25) is 9.59 Å². The minimum atomic E-state index is -0.308. The van der Waals surface area contributed by atoms with Gasteiger partial charge in [-0.1, -0.05) is 12.1 Å². The van der Waals surface area contributed by atoms with Crippen LogP contribution in [0.25, 0.3) is 0 Å². The molecule has 1 saturated carbocycles. The fraction of sp³-hybridized carbons (Fsp3) is 0.789. The van der Waals surface area contributed by atoms with Gasteiger partial charge in [0, 0.05) is 38.7 Å². The molecule has 3 rings (SSSR count). The van der Waals surface area contributed by atoms with Gasteiger partial charge in [-0.05, 0) is 44.8 Å². The van der Waals surface area contributed by atoms with E-state index in [9.17, 15) is 9.59 Å². The van der Waals surface area contributed by atoms with Crippen LogP contribution < -0.4 is 5.32 Å². The van der Waals surface area contributed by atoms with Gasteiger partial charge >= 0.3 is 0 Å². The van der Waals surface area contributed by atoms with Crippen molar-refractivity contribution in [2.24, 2.45) is 5.92 Å². The van der Waals surface area contributed by atoms with Crippen molar-refractivity contribution in [1.29, 1.82) is 0 Å². The molecule has 3 atom stereocenters. The highest BCUT2D eigenvalue weighted by atomic mass is 16.6. The summed E-state index contributed by atoms with van der Waals surface area (Å²) in [5.74, 6) is -0.133. The van der Waals surface area contributed by atoms with Crippen LogP contribution >= 0.6 is 0 Å². The minimum absolute atomic E-state index is 0.0473. The molecule has 1 saturated heterocycles. The van der Waals surface area contributed by atoms with Crippen LogP contribution in [0.4, 0.5) is 0 Å². The molecule has 0 radical (unpaired) electrons. The summed E-state index contributed by atoms with van der Waals surface area (Å²) in [5.41, 5.74) is 0.660. The predicted octanol–water partition coefficient (Wildman–Crippen LogP) is 0.846. The maximum absolute atomic E-state index is 13.0. The summed E-state index contributed by atoms with van der Waals surface area (Å²) in [6, 6.07) is -0.147. The van der Waals surface area contributed by atoms with Gasteiger partial charge in [0.05, 0.1) is 12.1 Å². The second kappa shape index (κ2) is 9.47. The Morgan fingerprint density at radius 3 is 2.61 bits per heavy atom. The van der Waals surface area contributed by atoms with E-state index in [1.807, 2.05) is 11.8 Å².